The van der Waals surface area contributed by atoms with Crippen LogP contribution in [0.1, 0.15) is 38.7 Å². The Hall–Kier alpha value is -0.780. The smallest absolute Gasteiger partial charge is 0.0184 e. The van der Waals surface area contributed by atoms with Crippen molar-refractivity contribution < 1.29 is 0 Å². The van der Waals surface area contributed by atoms with Gasteiger partial charge in [0.05, 0.1) is 0 Å². The molecule has 1 atom stereocenters. The predicted octanol–water partition coefficient (Wildman–Crippen LogP) is 3.86. The number of aryl methyl sites for hydroxylation is 1. The van der Waals surface area contributed by atoms with E-state index in [-0.39, 0.29) is 0 Å². The maximum atomic E-state index is 3.05. The zero-order valence-corrected chi connectivity index (χ0v) is 8.72. The van der Waals surface area contributed by atoms with Crippen LogP contribution in [0.15, 0.2) is 24.3 Å². The van der Waals surface area contributed by atoms with Gasteiger partial charge in [0, 0.05) is 0 Å². The standard InChI is InChI=1S/C13H19/c1-3-7-12(2)10-11-13-8-5-4-6-9-13/h5-6,8-9,12H,3,7,10-11H2,1-2H3. The van der Waals surface area contributed by atoms with Gasteiger partial charge in [-0.05, 0) is 30.4 Å². The second-order valence-electron chi connectivity index (χ2n) is 3.84. The summed E-state index contributed by atoms with van der Waals surface area (Å²) in [6.07, 6.45) is 5.20. The van der Waals surface area contributed by atoms with Gasteiger partial charge in [0.1, 0.15) is 0 Å². The maximum absolute atomic E-state index is 3.05. The van der Waals surface area contributed by atoms with Crippen LogP contribution in [0.4, 0.5) is 0 Å². The van der Waals surface area contributed by atoms with E-state index >= 15 is 0 Å². The van der Waals surface area contributed by atoms with Gasteiger partial charge in [-0.15, -0.1) is 0 Å². The summed E-state index contributed by atoms with van der Waals surface area (Å²) in [7, 11) is 0. The molecule has 0 aromatic heterocycles. The van der Waals surface area contributed by atoms with Gasteiger partial charge in [-0.25, -0.2) is 0 Å². The van der Waals surface area contributed by atoms with Crippen LogP contribution in [0.3, 0.4) is 0 Å². The minimum atomic E-state index is 0.870. The first kappa shape index (κ1) is 10.3. The summed E-state index contributed by atoms with van der Waals surface area (Å²) in [5, 5.41) is 0. The summed E-state index contributed by atoms with van der Waals surface area (Å²) in [5.41, 5.74) is 1.45. The van der Waals surface area contributed by atoms with E-state index in [2.05, 4.69) is 32.0 Å². The highest BCUT2D eigenvalue weighted by Gasteiger charge is 2.00. The Morgan fingerprint density at radius 1 is 1.23 bits per heavy atom. The molecule has 0 aliphatic carbocycles. The summed E-state index contributed by atoms with van der Waals surface area (Å²) in [6.45, 7) is 4.60. The largest absolute Gasteiger partial charge is 0.0654 e. The fraction of sp³-hybridized carbons (Fsp3) is 0.538. The lowest BCUT2D eigenvalue weighted by molar-refractivity contribution is 0.486. The Morgan fingerprint density at radius 3 is 2.54 bits per heavy atom. The van der Waals surface area contributed by atoms with E-state index in [1.54, 1.807) is 0 Å². The van der Waals surface area contributed by atoms with Crippen LogP contribution in [0, 0.1) is 12.0 Å². The van der Waals surface area contributed by atoms with Gasteiger partial charge in [-0.3, -0.25) is 0 Å². The number of benzene rings is 1. The van der Waals surface area contributed by atoms with E-state index < -0.39 is 0 Å². The Kier molecular flexibility index (Phi) is 4.59. The Bertz CT molecular complexity index is 213. The fourth-order valence-corrected chi connectivity index (χ4v) is 1.64. The topological polar surface area (TPSA) is 0 Å². The fourth-order valence-electron chi connectivity index (χ4n) is 1.64. The highest BCUT2D eigenvalue weighted by molar-refractivity contribution is 5.13. The van der Waals surface area contributed by atoms with Gasteiger partial charge in [-0.2, -0.15) is 0 Å². The van der Waals surface area contributed by atoms with Crippen LogP contribution < -0.4 is 0 Å². The van der Waals surface area contributed by atoms with Gasteiger partial charge in [0.15, 0.2) is 0 Å². The second-order valence-corrected chi connectivity index (χ2v) is 3.84. The van der Waals surface area contributed by atoms with Crippen LogP contribution in [0.5, 0.6) is 0 Å². The quantitative estimate of drug-likeness (QED) is 0.637. The summed E-state index contributed by atoms with van der Waals surface area (Å²) in [5.74, 6) is 0.870. The Morgan fingerprint density at radius 2 is 1.92 bits per heavy atom. The molecule has 71 valence electrons. The number of hydrogen-bond donors (Lipinski definition) is 0. The SMILES string of the molecule is CCCC(C)CCc1cc[c]cc1. The summed E-state index contributed by atoms with van der Waals surface area (Å²) < 4.78 is 0. The molecule has 0 bridgehead atoms. The number of hydrogen-bond acceptors (Lipinski definition) is 0. The minimum Gasteiger partial charge on any atom is -0.0654 e. The molecule has 13 heavy (non-hydrogen) atoms. The van der Waals surface area contributed by atoms with Gasteiger partial charge in [0.2, 0.25) is 0 Å². The van der Waals surface area contributed by atoms with Crippen molar-refractivity contribution in [1.82, 2.24) is 0 Å². The molecule has 0 aliphatic rings. The van der Waals surface area contributed by atoms with Crippen LogP contribution in [0.2, 0.25) is 0 Å². The lowest BCUT2D eigenvalue weighted by Gasteiger charge is -2.08. The zero-order chi connectivity index (χ0) is 9.52. The molecule has 1 unspecified atom stereocenters. The first-order valence-corrected chi connectivity index (χ1v) is 5.28. The van der Waals surface area contributed by atoms with E-state index in [4.69, 9.17) is 0 Å². The van der Waals surface area contributed by atoms with Crippen molar-refractivity contribution in [2.75, 3.05) is 0 Å². The monoisotopic (exact) mass is 175 g/mol. The number of rotatable bonds is 5. The second kappa shape index (κ2) is 5.80. The lowest BCUT2D eigenvalue weighted by Crippen LogP contribution is -1.96. The van der Waals surface area contributed by atoms with Crippen LogP contribution in [-0.2, 0) is 6.42 Å². The molecule has 0 nitrogen and oxygen atoms in total. The van der Waals surface area contributed by atoms with Crippen LogP contribution in [0.25, 0.3) is 0 Å². The zero-order valence-electron chi connectivity index (χ0n) is 8.72. The Labute approximate surface area is 82.0 Å². The molecule has 1 rings (SSSR count). The molecule has 0 heterocycles. The average Bonchev–Trinajstić information content (AvgIpc) is 2.17. The molecule has 0 N–H and O–H groups in total. The molecule has 0 amide bonds. The van der Waals surface area contributed by atoms with Gasteiger partial charge in [-0.1, -0.05) is 51.0 Å². The molecular formula is C13H19. The third kappa shape index (κ3) is 4.12. The van der Waals surface area contributed by atoms with Gasteiger partial charge < -0.3 is 0 Å². The minimum absolute atomic E-state index is 0.870. The van der Waals surface area contributed by atoms with Crippen molar-refractivity contribution >= 4 is 0 Å². The molecule has 1 radical (unpaired) electrons. The van der Waals surface area contributed by atoms with Crippen LogP contribution in [-0.4, -0.2) is 0 Å². The molecular weight excluding hydrogens is 156 g/mol. The molecule has 1 aromatic rings. The average molecular weight is 175 g/mol. The summed E-state index contributed by atoms with van der Waals surface area (Å²) in [4.78, 5) is 0. The van der Waals surface area contributed by atoms with E-state index in [9.17, 15) is 0 Å². The van der Waals surface area contributed by atoms with Crippen molar-refractivity contribution in [3.8, 4) is 0 Å². The maximum Gasteiger partial charge on any atom is -0.0184 e. The predicted molar refractivity (Wildman–Crippen MR) is 57.7 cm³/mol. The molecule has 0 saturated carbocycles. The first-order chi connectivity index (χ1) is 6.33. The summed E-state index contributed by atoms with van der Waals surface area (Å²) in [6, 6.07) is 11.4. The van der Waals surface area contributed by atoms with Crippen molar-refractivity contribution in [3.63, 3.8) is 0 Å². The van der Waals surface area contributed by atoms with E-state index in [0.717, 1.165) is 5.92 Å². The molecule has 1 aromatic carbocycles. The summed E-state index contributed by atoms with van der Waals surface area (Å²) >= 11 is 0. The van der Waals surface area contributed by atoms with E-state index in [0.29, 0.717) is 0 Å². The normalized spacial score (nSPS) is 12.8. The molecule has 0 heteroatoms. The molecule has 0 fully saturated rings. The van der Waals surface area contributed by atoms with Crippen molar-refractivity contribution in [1.29, 1.82) is 0 Å². The molecule has 0 saturated heterocycles. The Balaban J connectivity index is 2.27. The van der Waals surface area contributed by atoms with E-state index in [1.165, 1.54) is 31.2 Å². The van der Waals surface area contributed by atoms with Gasteiger partial charge in [0.25, 0.3) is 0 Å². The highest BCUT2D eigenvalue weighted by atomic mass is 14.1. The molecule has 0 spiro atoms. The highest BCUT2D eigenvalue weighted by Crippen LogP contribution is 2.13. The van der Waals surface area contributed by atoms with Crippen molar-refractivity contribution in [3.05, 3.63) is 35.9 Å². The van der Waals surface area contributed by atoms with Crippen molar-refractivity contribution in [2.24, 2.45) is 5.92 Å². The van der Waals surface area contributed by atoms with Crippen molar-refractivity contribution in [2.45, 2.75) is 39.5 Å². The van der Waals surface area contributed by atoms with E-state index in [1.807, 2.05) is 12.1 Å². The molecule has 0 aliphatic heterocycles. The third-order valence-corrected chi connectivity index (χ3v) is 2.49. The first-order valence-electron chi connectivity index (χ1n) is 5.28. The van der Waals surface area contributed by atoms with Gasteiger partial charge >= 0.3 is 0 Å². The van der Waals surface area contributed by atoms with Crippen LogP contribution >= 0.6 is 0 Å². The third-order valence-electron chi connectivity index (χ3n) is 2.49. The lowest BCUT2D eigenvalue weighted by atomic mass is 9.97.